The van der Waals surface area contributed by atoms with Gasteiger partial charge in [-0.15, -0.1) is 0 Å². The van der Waals surface area contributed by atoms with E-state index >= 15 is 0 Å². The molecule has 3 aromatic rings. The van der Waals surface area contributed by atoms with Crippen molar-refractivity contribution in [1.82, 2.24) is 0 Å². The van der Waals surface area contributed by atoms with E-state index in [1.807, 2.05) is 32.0 Å². The monoisotopic (exact) mass is 846 g/mol. The van der Waals surface area contributed by atoms with E-state index in [2.05, 4.69) is 79.6 Å². The van der Waals surface area contributed by atoms with Crippen molar-refractivity contribution >= 4 is 103 Å². The summed E-state index contributed by atoms with van der Waals surface area (Å²) in [4.78, 5) is 26.9. The van der Waals surface area contributed by atoms with Crippen molar-refractivity contribution in [2.45, 2.75) is 26.4 Å². The minimum atomic E-state index is -0.822. The van der Waals surface area contributed by atoms with Crippen LogP contribution in [0.25, 0.3) is 11.6 Å². The number of phenols is 2. The van der Waals surface area contributed by atoms with Crippen LogP contribution in [0, 0.1) is 0 Å². The molecule has 0 amide bonds. The first-order valence-corrected chi connectivity index (χ1v) is 15.4. The molecule has 1 aliphatic rings. The van der Waals surface area contributed by atoms with Crippen LogP contribution < -0.4 is 4.74 Å². The van der Waals surface area contributed by atoms with Gasteiger partial charge >= 0.3 is 5.97 Å². The average molecular weight is 851 g/mol. The molecule has 202 valence electrons. The van der Waals surface area contributed by atoms with Crippen molar-refractivity contribution in [3.63, 3.8) is 0 Å². The van der Waals surface area contributed by atoms with Gasteiger partial charge in [0.05, 0.1) is 28.5 Å². The molecule has 0 radical (unpaired) electrons. The summed E-state index contributed by atoms with van der Waals surface area (Å²) >= 11 is 16.7. The molecule has 0 aliphatic carbocycles. The second-order valence-corrected chi connectivity index (χ2v) is 12.9. The smallest absolute Gasteiger partial charge is 0.348 e. The fourth-order valence-electron chi connectivity index (χ4n) is 3.73. The van der Waals surface area contributed by atoms with Crippen LogP contribution in [0.1, 0.15) is 41.8 Å². The molecule has 11 heteroatoms. The third kappa shape index (κ3) is 6.37. The number of hydrogen-bond acceptors (Lipinski definition) is 6. The van der Waals surface area contributed by atoms with Crippen LogP contribution in [0.5, 0.6) is 17.2 Å². The lowest BCUT2D eigenvalue weighted by molar-refractivity contribution is -0.132. The van der Waals surface area contributed by atoms with Gasteiger partial charge in [-0.25, -0.2) is 4.79 Å². The maximum atomic E-state index is 13.7. The van der Waals surface area contributed by atoms with Crippen LogP contribution in [0.3, 0.4) is 0 Å². The molecule has 0 bridgehead atoms. The molecule has 3 aromatic carbocycles. The number of rotatable bonds is 7. The number of aromatic hydroxyl groups is 2. The van der Waals surface area contributed by atoms with E-state index in [0.29, 0.717) is 25.8 Å². The number of ether oxygens (including phenoxy) is 2. The van der Waals surface area contributed by atoms with E-state index in [0.717, 1.165) is 10.9 Å². The van der Waals surface area contributed by atoms with Gasteiger partial charge in [-0.1, -0.05) is 13.0 Å². The SMILES string of the molecule is CCC(C)Oc1ccc(/C=C2\OC(=O)C(C(=O)c3cc(Br)c(O)c(Br)c3)=C2c2cc(Br)c(O)c(Br)c2)cc1Br. The van der Waals surface area contributed by atoms with Crippen molar-refractivity contribution in [3.8, 4) is 17.2 Å². The van der Waals surface area contributed by atoms with E-state index in [1.54, 1.807) is 18.2 Å². The molecule has 39 heavy (non-hydrogen) atoms. The molecule has 0 saturated carbocycles. The van der Waals surface area contributed by atoms with Gasteiger partial charge in [-0.05, 0) is 147 Å². The van der Waals surface area contributed by atoms with E-state index in [1.165, 1.54) is 12.1 Å². The minimum Gasteiger partial charge on any atom is -0.506 e. The van der Waals surface area contributed by atoms with Gasteiger partial charge in [0.2, 0.25) is 5.78 Å². The quantitative estimate of drug-likeness (QED) is 0.140. The summed E-state index contributed by atoms with van der Waals surface area (Å²) in [6.07, 6.45) is 2.55. The van der Waals surface area contributed by atoms with Gasteiger partial charge in [0.25, 0.3) is 0 Å². The van der Waals surface area contributed by atoms with Crippen LogP contribution in [0.2, 0.25) is 0 Å². The van der Waals surface area contributed by atoms with Crippen LogP contribution in [-0.2, 0) is 9.53 Å². The number of carbonyl (C=O) groups excluding carboxylic acids is 2. The predicted octanol–water partition coefficient (Wildman–Crippen LogP) is 9.32. The van der Waals surface area contributed by atoms with Crippen LogP contribution in [-0.4, -0.2) is 28.1 Å². The standard InChI is InChI=1S/C28H19Br5O6/c1-3-12(2)38-21-5-4-13(6-16(21)29)7-22-23(14-8-17(30)26(35)18(31)9-14)24(28(37)39-22)25(34)15-10-19(32)27(36)20(33)11-15/h4-12,35-36H,3H2,1-2H3/b22-7-. The molecule has 0 saturated heterocycles. The second-order valence-electron chi connectivity index (χ2n) is 8.58. The largest absolute Gasteiger partial charge is 0.506 e. The molecule has 1 aliphatic heterocycles. The normalized spacial score (nSPS) is 15.1. The Labute approximate surface area is 266 Å². The van der Waals surface area contributed by atoms with Crippen molar-refractivity contribution < 1.29 is 29.3 Å². The van der Waals surface area contributed by atoms with Crippen molar-refractivity contribution in [2.75, 3.05) is 0 Å². The summed E-state index contributed by atoms with van der Waals surface area (Å²) < 4.78 is 13.6. The molecule has 1 atom stereocenters. The molecular weight excluding hydrogens is 832 g/mol. The van der Waals surface area contributed by atoms with E-state index in [-0.39, 0.29) is 49.0 Å². The fourth-order valence-corrected chi connectivity index (χ4v) is 6.59. The maximum absolute atomic E-state index is 13.7. The zero-order chi connectivity index (χ0) is 28.6. The topological polar surface area (TPSA) is 93.1 Å². The first-order chi connectivity index (χ1) is 18.4. The van der Waals surface area contributed by atoms with E-state index in [9.17, 15) is 19.8 Å². The highest BCUT2D eigenvalue weighted by Gasteiger charge is 2.37. The number of benzene rings is 3. The lowest BCUT2D eigenvalue weighted by Gasteiger charge is -2.14. The van der Waals surface area contributed by atoms with Crippen LogP contribution in [0.4, 0.5) is 0 Å². The zero-order valence-corrected chi connectivity index (χ0v) is 28.3. The highest BCUT2D eigenvalue weighted by molar-refractivity contribution is 9.11. The number of allylic oxidation sites excluding steroid dienone is 1. The first kappa shape index (κ1) is 30.0. The number of Topliss-reactive ketones (excluding diaryl/α,β-unsaturated/α-hetero) is 1. The molecule has 0 spiro atoms. The molecule has 0 fully saturated rings. The molecule has 1 heterocycles. The average Bonchev–Trinajstić information content (AvgIpc) is 3.21. The van der Waals surface area contributed by atoms with Gasteiger partial charge in [0, 0.05) is 11.1 Å². The van der Waals surface area contributed by atoms with Crippen molar-refractivity contribution in [2.24, 2.45) is 0 Å². The van der Waals surface area contributed by atoms with Gasteiger partial charge in [0.1, 0.15) is 28.6 Å². The summed E-state index contributed by atoms with van der Waals surface area (Å²) in [5.74, 6) is -0.691. The maximum Gasteiger partial charge on any atom is 0.348 e. The third-order valence-electron chi connectivity index (χ3n) is 5.87. The Bertz CT molecular complexity index is 1530. The molecule has 6 nitrogen and oxygen atoms in total. The van der Waals surface area contributed by atoms with E-state index < -0.39 is 11.8 Å². The zero-order valence-electron chi connectivity index (χ0n) is 20.3. The summed E-state index contributed by atoms with van der Waals surface area (Å²) in [7, 11) is 0. The first-order valence-electron chi connectivity index (χ1n) is 11.5. The van der Waals surface area contributed by atoms with E-state index in [4.69, 9.17) is 9.47 Å². The minimum absolute atomic E-state index is 0.0322. The number of esters is 1. The summed E-state index contributed by atoms with van der Waals surface area (Å²) in [6.45, 7) is 4.02. The fraction of sp³-hybridized carbons (Fsp3) is 0.143. The Morgan fingerprint density at radius 3 is 2.03 bits per heavy atom. The summed E-state index contributed by atoms with van der Waals surface area (Å²) in [5.41, 5.74) is 1.37. The number of ketones is 1. The number of carbonyl (C=O) groups is 2. The van der Waals surface area contributed by atoms with Crippen molar-refractivity contribution in [1.29, 1.82) is 0 Å². The number of phenolic OH excluding ortho intramolecular Hbond substituents is 2. The molecule has 4 rings (SSSR count). The Balaban J connectivity index is 1.90. The Hall–Kier alpha value is -1.92. The van der Waals surface area contributed by atoms with Gasteiger partial charge in [-0.3, -0.25) is 4.79 Å². The van der Waals surface area contributed by atoms with Crippen LogP contribution >= 0.6 is 79.6 Å². The second kappa shape index (κ2) is 12.3. The Morgan fingerprint density at radius 2 is 1.49 bits per heavy atom. The summed E-state index contributed by atoms with van der Waals surface area (Å²) in [5, 5.41) is 20.4. The highest BCUT2D eigenvalue weighted by atomic mass is 79.9. The summed E-state index contributed by atoms with van der Waals surface area (Å²) in [6, 6.07) is 11.5. The molecule has 0 aromatic heterocycles. The molecule has 1 unspecified atom stereocenters. The molecule has 2 N–H and O–H groups in total. The number of halogens is 5. The third-order valence-corrected chi connectivity index (χ3v) is 8.91. The lowest BCUT2D eigenvalue weighted by atomic mass is 9.93. The van der Waals surface area contributed by atoms with Crippen LogP contribution in [0.15, 0.2) is 76.2 Å². The van der Waals surface area contributed by atoms with Crippen molar-refractivity contribution in [3.05, 3.63) is 92.9 Å². The number of hydrogen-bond donors (Lipinski definition) is 2. The van der Waals surface area contributed by atoms with Gasteiger partial charge < -0.3 is 19.7 Å². The Morgan fingerprint density at radius 1 is 0.923 bits per heavy atom. The number of cyclic esters (lactones) is 1. The predicted molar refractivity (Wildman–Crippen MR) is 167 cm³/mol. The highest BCUT2D eigenvalue weighted by Crippen LogP contribution is 2.43. The Kier molecular flexibility index (Phi) is 9.48. The molecular formula is C28H19Br5O6. The van der Waals surface area contributed by atoms with Gasteiger partial charge in [0.15, 0.2) is 0 Å². The van der Waals surface area contributed by atoms with Gasteiger partial charge in [-0.2, -0.15) is 0 Å². The lowest BCUT2D eigenvalue weighted by Crippen LogP contribution is -2.11.